The fraction of sp³-hybridized carbons (Fsp3) is 0.444. The molecule has 16 heavy (non-hydrogen) atoms. The van der Waals surface area contributed by atoms with Crippen LogP contribution < -0.4 is 16.6 Å². The van der Waals surface area contributed by atoms with Crippen molar-refractivity contribution in [2.24, 2.45) is 5.73 Å². The van der Waals surface area contributed by atoms with E-state index in [-0.39, 0.29) is 16.5 Å². The minimum absolute atomic E-state index is 0.0393. The van der Waals surface area contributed by atoms with Crippen molar-refractivity contribution in [3.63, 3.8) is 0 Å². The SMILES string of the molecule is NC(=O)CCCCNc1nc[nH]c(=O)c1Cl. The Morgan fingerprint density at radius 2 is 2.31 bits per heavy atom. The van der Waals surface area contributed by atoms with Gasteiger partial charge in [0.25, 0.3) is 5.56 Å². The molecule has 0 aromatic carbocycles. The highest BCUT2D eigenvalue weighted by Gasteiger charge is 2.04. The Balaban J connectivity index is 2.35. The van der Waals surface area contributed by atoms with Crippen LogP contribution in [0.3, 0.4) is 0 Å². The van der Waals surface area contributed by atoms with Crippen LogP contribution in [0, 0.1) is 0 Å². The molecule has 88 valence electrons. The number of anilines is 1. The van der Waals surface area contributed by atoms with E-state index in [1.54, 1.807) is 0 Å². The second-order valence-corrected chi connectivity index (χ2v) is 3.62. The van der Waals surface area contributed by atoms with E-state index < -0.39 is 0 Å². The summed E-state index contributed by atoms with van der Waals surface area (Å²) in [6.07, 6.45) is 3.09. The molecule has 0 atom stereocenters. The number of amides is 1. The second kappa shape index (κ2) is 6.12. The Morgan fingerprint density at radius 3 is 3.00 bits per heavy atom. The van der Waals surface area contributed by atoms with Crippen LogP contribution in [0.5, 0.6) is 0 Å². The highest BCUT2D eigenvalue weighted by molar-refractivity contribution is 6.32. The molecule has 1 amide bonds. The van der Waals surface area contributed by atoms with E-state index in [1.807, 2.05) is 0 Å². The molecule has 1 aromatic rings. The predicted molar refractivity (Wildman–Crippen MR) is 61.4 cm³/mol. The van der Waals surface area contributed by atoms with Gasteiger partial charge in [-0.3, -0.25) is 9.59 Å². The number of carbonyl (C=O) groups is 1. The van der Waals surface area contributed by atoms with E-state index in [9.17, 15) is 9.59 Å². The number of nitrogens with zero attached hydrogens (tertiary/aromatic N) is 1. The molecule has 0 saturated carbocycles. The lowest BCUT2D eigenvalue weighted by molar-refractivity contribution is -0.118. The first kappa shape index (κ1) is 12.5. The summed E-state index contributed by atoms with van der Waals surface area (Å²) in [4.78, 5) is 27.8. The summed E-state index contributed by atoms with van der Waals surface area (Å²) in [5.74, 6) is 0.0387. The van der Waals surface area contributed by atoms with Gasteiger partial charge >= 0.3 is 0 Å². The minimum Gasteiger partial charge on any atom is -0.370 e. The summed E-state index contributed by atoms with van der Waals surface area (Å²) in [5.41, 5.74) is 4.61. The maximum absolute atomic E-state index is 11.1. The van der Waals surface area contributed by atoms with Gasteiger partial charge in [0.1, 0.15) is 5.02 Å². The van der Waals surface area contributed by atoms with Crippen LogP contribution in [0.4, 0.5) is 5.82 Å². The van der Waals surface area contributed by atoms with E-state index in [2.05, 4.69) is 15.3 Å². The van der Waals surface area contributed by atoms with Gasteiger partial charge in [-0.25, -0.2) is 4.98 Å². The lowest BCUT2D eigenvalue weighted by atomic mass is 10.2. The molecule has 0 aliphatic rings. The molecule has 0 fully saturated rings. The number of aromatic nitrogens is 2. The number of carbonyl (C=O) groups excluding carboxylic acids is 1. The summed E-state index contributed by atoms with van der Waals surface area (Å²) in [5, 5.41) is 2.95. The third kappa shape index (κ3) is 3.90. The van der Waals surface area contributed by atoms with Crippen LogP contribution in [0.1, 0.15) is 19.3 Å². The molecule has 1 aromatic heterocycles. The van der Waals surface area contributed by atoms with Crippen molar-refractivity contribution in [2.45, 2.75) is 19.3 Å². The smallest absolute Gasteiger partial charge is 0.271 e. The highest BCUT2D eigenvalue weighted by atomic mass is 35.5. The zero-order chi connectivity index (χ0) is 12.0. The molecule has 0 saturated heterocycles. The molecule has 0 spiro atoms. The Morgan fingerprint density at radius 1 is 1.56 bits per heavy atom. The third-order valence-corrected chi connectivity index (χ3v) is 2.29. The van der Waals surface area contributed by atoms with Crippen LogP contribution in [0.2, 0.25) is 5.02 Å². The van der Waals surface area contributed by atoms with Crippen LogP contribution in [-0.2, 0) is 4.79 Å². The minimum atomic E-state index is -0.378. The average Bonchev–Trinajstić information content (AvgIpc) is 2.23. The number of hydrogen-bond acceptors (Lipinski definition) is 4. The van der Waals surface area contributed by atoms with Gasteiger partial charge < -0.3 is 16.0 Å². The van der Waals surface area contributed by atoms with Crippen molar-refractivity contribution in [3.8, 4) is 0 Å². The van der Waals surface area contributed by atoms with Crippen LogP contribution in [0.15, 0.2) is 11.1 Å². The number of nitrogens with one attached hydrogen (secondary N) is 2. The Bertz CT molecular complexity index is 418. The number of hydrogen-bond donors (Lipinski definition) is 3. The van der Waals surface area contributed by atoms with Gasteiger partial charge in [0.2, 0.25) is 5.91 Å². The monoisotopic (exact) mass is 244 g/mol. The van der Waals surface area contributed by atoms with Gasteiger partial charge in [0.05, 0.1) is 6.33 Å². The van der Waals surface area contributed by atoms with E-state index in [4.69, 9.17) is 17.3 Å². The summed E-state index contributed by atoms with van der Waals surface area (Å²) in [7, 11) is 0. The van der Waals surface area contributed by atoms with Crippen LogP contribution in [0.25, 0.3) is 0 Å². The number of aromatic amines is 1. The van der Waals surface area contributed by atoms with Crippen molar-refractivity contribution < 1.29 is 4.79 Å². The molecular weight excluding hydrogens is 232 g/mol. The highest BCUT2D eigenvalue weighted by Crippen LogP contribution is 2.11. The topological polar surface area (TPSA) is 101 Å². The molecule has 0 bridgehead atoms. The maximum Gasteiger partial charge on any atom is 0.271 e. The normalized spacial score (nSPS) is 10.1. The van der Waals surface area contributed by atoms with Gasteiger partial charge in [0, 0.05) is 13.0 Å². The predicted octanol–water partition coefficient (Wildman–Crippen LogP) is 0.491. The zero-order valence-corrected chi connectivity index (χ0v) is 9.38. The molecule has 0 aliphatic heterocycles. The van der Waals surface area contributed by atoms with Gasteiger partial charge in [-0.1, -0.05) is 11.6 Å². The standard InChI is InChI=1S/C9H13ClN4O2/c10-7-8(13-5-14-9(7)16)12-4-2-1-3-6(11)15/h5H,1-4H2,(H2,11,15)(H2,12,13,14,16). The number of halogens is 1. The third-order valence-electron chi connectivity index (χ3n) is 1.94. The number of nitrogens with two attached hydrogens (primary N) is 1. The zero-order valence-electron chi connectivity index (χ0n) is 8.62. The summed E-state index contributed by atoms with van der Waals surface area (Å²) in [6.45, 7) is 0.587. The number of unbranched alkanes of at least 4 members (excludes halogenated alkanes) is 1. The van der Waals surface area contributed by atoms with Crippen molar-refractivity contribution in [1.82, 2.24) is 9.97 Å². The average molecular weight is 245 g/mol. The fourth-order valence-electron chi connectivity index (χ4n) is 1.14. The molecule has 1 rings (SSSR count). The first-order chi connectivity index (χ1) is 7.61. The van der Waals surface area contributed by atoms with Gasteiger partial charge in [0.15, 0.2) is 5.82 Å². The van der Waals surface area contributed by atoms with Gasteiger partial charge in [-0.15, -0.1) is 0 Å². The van der Waals surface area contributed by atoms with Gasteiger partial charge in [-0.2, -0.15) is 0 Å². The van der Waals surface area contributed by atoms with Crippen LogP contribution in [-0.4, -0.2) is 22.4 Å². The van der Waals surface area contributed by atoms with Crippen molar-refractivity contribution >= 4 is 23.3 Å². The summed E-state index contributed by atoms with van der Waals surface area (Å²) in [6, 6.07) is 0. The molecule has 6 nitrogen and oxygen atoms in total. The number of primary amides is 1. The summed E-state index contributed by atoms with van der Waals surface area (Å²) < 4.78 is 0. The first-order valence-electron chi connectivity index (χ1n) is 4.86. The van der Waals surface area contributed by atoms with Crippen molar-refractivity contribution in [1.29, 1.82) is 0 Å². The summed E-state index contributed by atoms with van der Waals surface area (Å²) >= 11 is 5.71. The van der Waals surface area contributed by atoms with E-state index in [0.29, 0.717) is 25.2 Å². The fourth-order valence-corrected chi connectivity index (χ4v) is 1.31. The van der Waals surface area contributed by atoms with E-state index in [0.717, 1.165) is 6.42 Å². The molecule has 0 radical (unpaired) electrons. The largest absolute Gasteiger partial charge is 0.370 e. The Hall–Kier alpha value is -1.56. The molecular formula is C9H13ClN4O2. The lowest BCUT2D eigenvalue weighted by Gasteiger charge is -2.05. The van der Waals surface area contributed by atoms with Crippen LogP contribution >= 0.6 is 11.6 Å². The maximum atomic E-state index is 11.1. The Kier molecular flexibility index (Phi) is 4.78. The van der Waals surface area contributed by atoms with Gasteiger partial charge in [-0.05, 0) is 12.8 Å². The molecule has 1 heterocycles. The van der Waals surface area contributed by atoms with E-state index in [1.165, 1.54) is 6.33 Å². The molecule has 0 aliphatic carbocycles. The van der Waals surface area contributed by atoms with Crippen molar-refractivity contribution in [2.75, 3.05) is 11.9 Å². The lowest BCUT2D eigenvalue weighted by Crippen LogP contribution is -2.13. The molecule has 7 heteroatoms. The first-order valence-corrected chi connectivity index (χ1v) is 5.24. The quantitative estimate of drug-likeness (QED) is 0.634. The second-order valence-electron chi connectivity index (χ2n) is 3.24. The van der Waals surface area contributed by atoms with E-state index >= 15 is 0 Å². The Labute approximate surface area is 97.2 Å². The van der Waals surface area contributed by atoms with Crippen molar-refractivity contribution in [3.05, 3.63) is 21.7 Å². The number of rotatable bonds is 6. The number of H-pyrrole nitrogens is 1. The molecule has 0 unspecified atom stereocenters. The molecule has 4 N–H and O–H groups in total.